The van der Waals surface area contributed by atoms with Gasteiger partial charge in [0.1, 0.15) is 0 Å². The van der Waals surface area contributed by atoms with Crippen molar-refractivity contribution in [2.75, 3.05) is 6.54 Å². The average molecular weight is 197 g/mol. The lowest BCUT2D eigenvalue weighted by Crippen LogP contribution is -2.30. The van der Waals surface area contributed by atoms with Crippen molar-refractivity contribution in [1.82, 2.24) is 4.90 Å². The van der Waals surface area contributed by atoms with Crippen molar-refractivity contribution in [1.29, 1.82) is 0 Å². The zero-order valence-corrected chi connectivity index (χ0v) is 9.46. The molecule has 3 heteroatoms. The number of rotatable bonds is 2. The standard InChI is InChI=1S/C8H11NO2.C3H8/c1-3-6-5-7(10)9(4-2)8(6)11;1-3-2/h5H,3-4H2,1-2H3;3H2,1-2H3. The molecule has 0 saturated carbocycles. The Morgan fingerprint density at radius 1 is 1.14 bits per heavy atom. The van der Waals surface area contributed by atoms with Crippen LogP contribution in [-0.2, 0) is 9.59 Å². The Bertz CT molecular complexity index is 244. The molecular weight excluding hydrogens is 178 g/mol. The van der Waals surface area contributed by atoms with Gasteiger partial charge in [-0.05, 0) is 13.3 Å². The molecule has 0 aromatic carbocycles. The molecule has 3 nitrogen and oxygen atoms in total. The van der Waals surface area contributed by atoms with Crippen molar-refractivity contribution in [2.24, 2.45) is 0 Å². The fraction of sp³-hybridized carbons (Fsp3) is 0.636. The quantitative estimate of drug-likeness (QED) is 0.636. The van der Waals surface area contributed by atoms with Crippen LogP contribution in [0.3, 0.4) is 0 Å². The molecule has 2 amide bonds. The van der Waals surface area contributed by atoms with Crippen LogP contribution in [0.25, 0.3) is 0 Å². The molecule has 1 heterocycles. The largest absolute Gasteiger partial charge is 0.275 e. The molecule has 0 aliphatic carbocycles. The van der Waals surface area contributed by atoms with Gasteiger partial charge in [0, 0.05) is 18.2 Å². The zero-order chi connectivity index (χ0) is 11.1. The van der Waals surface area contributed by atoms with Crippen molar-refractivity contribution in [2.45, 2.75) is 40.5 Å². The summed E-state index contributed by atoms with van der Waals surface area (Å²) in [6, 6.07) is 0. The van der Waals surface area contributed by atoms with Crippen LogP contribution in [0, 0.1) is 0 Å². The highest BCUT2D eigenvalue weighted by molar-refractivity contribution is 6.16. The Balaban J connectivity index is 0.000000500. The zero-order valence-electron chi connectivity index (χ0n) is 9.46. The summed E-state index contributed by atoms with van der Waals surface area (Å²) in [5.74, 6) is -0.297. The van der Waals surface area contributed by atoms with Gasteiger partial charge in [-0.2, -0.15) is 0 Å². The number of carbonyl (C=O) groups is 2. The average Bonchev–Trinajstić information content (AvgIpc) is 2.42. The topological polar surface area (TPSA) is 37.4 Å². The maximum atomic E-state index is 11.2. The monoisotopic (exact) mass is 197 g/mol. The molecule has 0 aromatic rings. The van der Waals surface area contributed by atoms with Crippen molar-refractivity contribution in [3.8, 4) is 0 Å². The number of hydrogen-bond donors (Lipinski definition) is 0. The third-order valence-electron chi connectivity index (χ3n) is 1.78. The van der Waals surface area contributed by atoms with Gasteiger partial charge in [-0.25, -0.2) is 0 Å². The maximum absolute atomic E-state index is 11.2. The molecule has 0 atom stereocenters. The normalized spacial score (nSPS) is 15.1. The third-order valence-corrected chi connectivity index (χ3v) is 1.78. The van der Waals surface area contributed by atoms with E-state index in [1.807, 2.05) is 6.92 Å². The first-order chi connectivity index (χ1) is 6.62. The van der Waals surface area contributed by atoms with Crippen LogP contribution >= 0.6 is 0 Å². The number of nitrogens with zero attached hydrogens (tertiary/aromatic N) is 1. The first kappa shape index (κ1) is 12.9. The Hall–Kier alpha value is -1.12. The second-order valence-corrected chi connectivity index (χ2v) is 3.12. The molecule has 0 fully saturated rings. The van der Waals surface area contributed by atoms with Crippen LogP contribution in [0.2, 0.25) is 0 Å². The minimum absolute atomic E-state index is 0.125. The van der Waals surface area contributed by atoms with E-state index in [-0.39, 0.29) is 11.8 Å². The van der Waals surface area contributed by atoms with E-state index in [9.17, 15) is 9.59 Å². The first-order valence-electron chi connectivity index (χ1n) is 5.18. The van der Waals surface area contributed by atoms with E-state index < -0.39 is 0 Å². The van der Waals surface area contributed by atoms with Crippen molar-refractivity contribution in [3.05, 3.63) is 11.6 Å². The molecule has 0 N–H and O–H groups in total. The maximum Gasteiger partial charge on any atom is 0.256 e. The molecule has 0 radical (unpaired) electrons. The van der Waals surface area contributed by atoms with Crippen LogP contribution < -0.4 is 0 Å². The molecule has 80 valence electrons. The second-order valence-electron chi connectivity index (χ2n) is 3.12. The van der Waals surface area contributed by atoms with Gasteiger partial charge in [0.05, 0.1) is 0 Å². The summed E-state index contributed by atoms with van der Waals surface area (Å²) in [5.41, 5.74) is 0.622. The number of amides is 2. The lowest BCUT2D eigenvalue weighted by Gasteiger charge is -2.10. The molecule has 0 aromatic heterocycles. The molecule has 0 bridgehead atoms. The minimum atomic E-state index is -0.172. The minimum Gasteiger partial charge on any atom is -0.275 e. The molecule has 1 aliphatic rings. The van der Waals surface area contributed by atoms with Crippen LogP contribution in [0.15, 0.2) is 11.6 Å². The summed E-state index contributed by atoms with van der Waals surface area (Å²) < 4.78 is 0. The highest BCUT2D eigenvalue weighted by atomic mass is 16.2. The van der Waals surface area contributed by atoms with Gasteiger partial charge in [0.2, 0.25) is 0 Å². The summed E-state index contributed by atoms with van der Waals surface area (Å²) in [6.45, 7) is 8.38. The summed E-state index contributed by atoms with van der Waals surface area (Å²) in [4.78, 5) is 23.5. The van der Waals surface area contributed by atoms with E-state index in [1.165, 1.54) is 17.4 Å². The summed E-state index contributed by atoms with van der Waals surface area (Å²) in [7, 11) is 0. The number of imide groups is 1. The predicted octanol–water partition coefficient (Wildman–Crippen LogP) is 2.13. The molecule has 0 saturated heterocycles. The van der Waals surface area contributed by atoms with Crippen LogP contribution in [0.5, 0.6) is 0 Å². The summed E-state index contributed by atoms with van der Waals surface area (Å²) >= 11 is 0. The molecule has 1 aliphatic heterocycles. The Labute approximate surface area is 85.8 Å². The van der Waals surface area contributed by atoms with E-state index >= 15 is 0 Å². The van der Waals surface area contributed by atoms with Gasteiger partial charge >= 0.3 is 0 Å². The van der Waals surface area contributed by atoms with E-state index in [0.29, 0.717) is 18.5 Å². The van der Waals surface area contributed by atoms with Crippen LogP contribution in [0.1, 0.15) is 40.5 Å². The highest BCUT2D eigenvalue weighted by Crippen LogP contribution is 2.14. The fourth-order valence-electron chi connectivity index (χ4n) is 1.11. The second kappa shape index (κ2) is 6.35. The number of carbonyl (C=O) groups excluding carboxylic acids is 2. The summed E-state index contributed by atoms with van der Waals surface area (Å²) in [5, 5.41) is 0. The fourth-order valence-corrected chi connectivity index (χ4v) is 1.11. The van der Waals surface area contributed by atoms with E-state index in [0.717, 1.165) is 0 Å². The van der Waals surface area contributed by atoms with E-state index in [4.69, 9.17) is 0 Å². The van der Waals surface area contributed by atoms with Crippen molar-refractivity contribution in [3.63, 3.8) is 0 Å². The lowest BCUT2D eigenvalue weighted by atomic mass is 10.2. The summed E-state index contributed by atoms with van der Waals surface area (Å²) in [6.07, 6.45) is 3.31. The van der Waals surface area contributed by atoms with Crippen LogP contribution in [0.4, 0.5) is 0 Å². The third kappa shape index (κ3) is 2.98. The molecule has 0 spiro atoms. The number of likely N-dealkylation sites (N-methyl/N-ethyl adjacent to an activating group) is 1. The number of hydrogen-bond acceptors (Lipinski definition) is 2. The van der Waals surface area contributed by atoms with Crippen LogP contribution in [-0.4, -0.2) is 23.3 Å². The molecular formula is C11H19NO2. The predicted molar refractivity (Wildman–Crippen MR) is 56.7 cm³/mol. The molecule has 1 rings (SSSR count). The van der Waals surface area contributed by atoms with Gasteiger partial charge < -0.3 is 0 Å². The Morgan fingerprint density at radius 2 is 1.64 bits per heavy atom. The van der Waals surface area contributed by atoms with Gasteiger partial charge in [-0.3, -0.25) is 14.5 Å². The Morgan fingerprint density at radius 3 is 1.86 bits per heavy atom. The highest BCUT2D eigenvalue weighted by Gasteiger charge is 2.27. The Kier molecular flexibility index (Phi) is 5.84. The molecule has 0 unspecified atom stereocenters. The van der Waals surface area contributed by atoms with Gasteiger partial charge in [0.15, 0.2) is 0 Å². The lowest BCUT2D eigenvalue weighted by molar-refractivity contribution is -0.136. The van der Waals surface area contributed by atoms with E-state index in [2.05, 4.69) is 13.8 Å². The SMILES string of the molecule is CCC.CCC1=CC(=O)N(CC)C1=O. The van der Waals surface area contributed by atoms with Crippen molar-refractivity contribution >= 4 is 11.8 Å². The van der Waals surface area contributed by atoms with Gasteiger partial charge in [-0.1, -0.05) is 27.2 Å². The molecule has 14 heavy (non-hydrogen) atoms. The van der Waals surface area contributed by atoms with Crippen molar-refractivity contribution < 1.29 is 9.59 Å². The van der Waals surface area contributed by atoms with Gasteiger partial charge in [-0.15, -0.1) is 0 Å². The first-order valence-corrected chi connectivity index (χ1v) is 5.18. The van der Waals surface area contributed by atoms with E-state index in [1.54, 1.807) is 6.92 Å². The smallest absolute Gasteiger partial charge is 0.256 e. The van der Waals surface area contributed by atoms with Gasteiger partial charge in [0.25, 0.3) is 11.8 Å².